The zero-order valence-corrected chi connectivity index (χ0v) is 10.1. The van der Waals surface area contributed by atoms with Gasteiger partial charge >= 0.3 is 50.9 Å². The maximum absolute atomic E-state index is 2.42. The molecular weight excluding hydrogens is 225 g/mol. The molecule has 2 heteroatoms. The summed E-state index contributed by atoms with van der Waals surface area (Å²) in [6.45, 7) is 7.01. The molecule has 0 saturated carbocycles. The normalized spacial score (nSPS) is 10.1. The van der Waals surface area contributed by atoms with E-state index in [1.807, 2.05) is 0 Å². The third-order valence-corrected chi connectivity index (χ3v) is 7.79. The molecule has 0 amide bonds. The molecule has 0 unspecified atom stereocenters. The van der Waals surface area contributed by atoms with E-state index >= 15 is 0 Å². The standard InChI is InChI=1S/C6H15Ge.BrH/c1-6(2,3)7(4)5;/h1-5H3;1H/q+1;/p-1. The van der Waals surface area contributed by atoms with Gasteiger partial charge in [0.15, 0.2) is 0 Å². The molecule has 0 saturated heterocycles. The summed E-state index contributed by atoms with van der Waals surface area (Å²) in [4.78, 5) is 0. The van der Waals surface area contributed by atoms with Crippen LogP contribution in [0, 0.1) is 0 Å². The minimum atomic E-state index is -0.590. The van der Waals surface area contributed by atoms with E-state index < -0.39 is 14.3 Å². The fourth-order valence-electron chi connectivity index (χ4n) is 0. The van der Waals surface area contributed by atoms with Crippen LogP contribution in [0.15, 0.2) is 0 Å². The molecule has 0 aromatic carbocycles. The molecule has 0 heterocycles. The Hall–Kier alpha value is 1.02. The van der Waals surface area contributed by atoms with Gasteiger partial charge in [0.25, 0.3) is 0 Å². The van der Waals surface area contributed by atoms with Crippen molar-refractivity contribution in [3.63, 3.8) is 0 Å². The summed E-state index contributed by atoms with van der Waals surface area (Å²) >= 11 is -0.590. The Morgan fingerprint density at radius 3 is 1.12 bits per heavy atom. The Bertz CT molecular complexity index is 54.0. The van der Waals surface area contributed by atoms with Crippen LogP contribution in [0.25, 0.3) is 0 Å². The van der Waals surface area contributed by atoms with Crippen LogP contribution in [-0.2, 0) is 0 Å². The molecule has 0 bridgehead atoms. The molecule has 0 aliphatic carbocycles. The number of halogens is 1. The van der Waals surface area contributed by atoms with E-state index in [9.17, 15) is 0 Å². The number of hydrogen-bond acceptors (Lipinski definition) is 0. The van der Waals surface area contributed by atoms with Gasteiger partial charge in [0, 0.05) is 0 Å². The molecule has 0 atom stereocenters. The van der Waals surface area contributed by atoms with E-state index in [0.717, 1.165) is 0 Å². The van der Waals surface area contributed by atoms with Gasteiger partial charge in [-0.1, -0.05) is 0 Å². The van der Waals surface area contributed by atoms with E-state index in [1.165, 1.54) is 0 Å². The molecule has 0 rings (SSSR count). The fourth-order valence-corrected chi connectivity index (χ4v) is 0. The Morgan fingerprint density at radius 1 is 1.00 bits per heavy atom. The number of hydrogen-bond donors (Lipinski definition) is 0. The zero-order valence-electron chi connectivity index (χ0n) is 6.38. The van der Waals surface area contributed by atoms with Crippen molar-refractivity contribution in [3.8, 4) is 0 Å². The van der Waals surface area contributed by atoms with Crippen molar-refractivity contribution >= 4 is 14.3 Å². The Kier molecular flexibility index (Phi) is 5.80. The van der Waals surface area contributed by atoms with Gasteiger partial charge in [-0.2, -0.15) is 0 Å². The Labute approximate surface area is 67.9 Å². The molecule has 50 valence electrons. The van der Waals surface area contributed by atoms with Crippen LogP contribution in [0.1, 0.15) is 20.8 Å². The van der Waals surface area contributed by atoms with Crippen LogP contribution in [0.2, 0.25) is 15.8 Å². The van der Waals surface area contributed by atoms with Gasteiger partial charge in [-0.15, -0.1) is 0 Å². The van der Waals surface area contributed by atoms with Crippen LogP contribution in [0.3, 0.4) is 0 Å². The first-order valence-corrected chi connectivity index (χ1v) is 8.00. The summed E-state index contributed by atoms with van der Waals surface area (Å²) in [5.74, 6) is 4.83. The van der Waals surface area contributed by atoms with Crippen LogP contribution < -0.4 is 17.0 Å². The van der Waals surface area contributed by atoms with Gasteiger partial charge in [-0.05, 0) is 0 Å². The van der Waals surface area contributed by atoms with Crippen molar-refractivity contribution in [2.75, 3.05) is 0 Å². The second-order valence-electron chi connectivity index (χ2n) is 3.25. The van der Waals surface area contributed by atoms with E-state index in [4.69, 9.17) is 0 Å². The van der Waals surface area contributed by atoms with Crippen molar-refractivity contribution in [1.29, 1.82) is 0 Å². The summed E-state index contributed by atoms with van der Waals surface area (Å²) in [5.41, 5.74) is 0. The van der Waals surface area contributed by atoms with E-state index in [1.54, 1.807) is 0 Å². The predicted octanol–water partition coefficient (Wildman–Crippen LogP) is -0.455. The van der Waals surface area contributed by atoms with Gasteiger partial charge in [0.05, 0.1) is 0 Å². The molecule has 0 nitrogen and oxygen atoms in total. The van der Waals surface area contributed by atoms with Crippen molar-refractivity contribution < 1.29 is 17.0 Å². The Morgan fingerprint density at radius 2 is 1.12 bits per heavy atom. The second kappa shape index (κ2) is 3.94. The molecule has 0 aliphatic rings. The summed E-state index contributed by atoms with van der Waals surface area (Å²) in [6.07, 6.45) is 0. The molecule has 0 aliphatic heterocycles. The summed E-state index contributed by atoms with van der Waals surface area (Å²) < 4.78 is 0.667. The maximum atomic E-state index is 2.42. The summed E-state index contributed by atoms with van der Waals surface area (Å²) in [6, 6.07) is 0. The van der Waals surface area contributed by atoms with Gasteiger partial charge in [0.2, 0.25) is 0 Å². The number of rotatable bonds is 0. The van der Waals surface area contributed by atoms with Crippen molar-refractivity contribution in [3.05, 3.63) is 0 Å². The fraction of sp³-hybridized carbons (Fsp3) is 1.00. The third-order valence-electron chi connectivity index (χ3n) is 1.50. The quantitative estimate of drug-likeness (QED) is 0.502. The average molecular weight is 240 g/mol. The molecule has 8 heavy (non-hydrogen) atoms. The van der Waals surface area contributed by atoms with Crippen molar-refractivity contribution in [2.45, 2.75) is 36.5 Å². The van der Waals surface area contributed by atoms with Gasteiger partial charge in [-0.3, -0.25) is 0 Å². The topological polar surface area (TPSA) is 0 Å². The third kappa shape index (κ3) is 5.17. The first-order valence-electron chi connectivity index (χ1n) is 2.75. The molecule has 0 spiro atoms. The summed E-state index contributed by atoms with van der Waals surface area (Å²) in [5, 5.41) is 0. The van der Waals surface area contributed by atoms with Gasteiger partial charge in [-0.25, -0.2) is 0 Å². The molecule has 0 fully saturated rings. The van der Waals surface area contributed by atoms with Crippen molar-refractivity contribution in [2.24, 2.45) is 0 Å². The monoisotopic (exact) mass is 240 g/mol. The van der Waals surface area contributed by atoms with Gasteiger partial charge in [0.1, 0.15) is 0 Å². The molecule has 0 aromatic heterocycles. The second-order valence-corrected chi connectivity index (χ2v) is 10.6. The van der Waals surface area contributed by atoms with Crippen molar-refractivity contribution in [1.82, 2.24) is 0 Å². The van der Waals surface area contributed by atoms with Crippen LogP contribution in [0.5, 0.6) is 0 Å². The zero-order chi connectivity index (χ0) is 6.08. The van der Waals surface area contributed by atoms with E-state index in [2.05, 4.69) is 32.3 Å². The molecule has 0 radical (unpaired) electrons. The SMILES string of the molecule is [Br-].[CH3][Ge+]([CH3])[C](C)(C)C. The van der Waals surface area contributed by atoms with Gasteiger partial charge < -0.3 is 17.0 Å². The van der Waals surface area contributed by atoms with Crippen LogP contribution in [-0.4, -0.2) is 14.3 Å². The van der Waals surface area contributed by atoms with E-state index in [-0.39, 0.29) is 17.0 Å². The molecular formula is C6H15BrGe. The van der Waals surface area contributed by atoms with Crippen LogP contribution in [0.4, 0.5) is 0 Å². The summed E-state index contributed by atoms with van der Waals surface area (Å²) in [7, 11) is 0. The average Bonchev–Trinajstić information content (AvgIpc) is 1.31. The van der Waals surface area contributed by atoms with E-state index in [0.29, 0.717) is 4.25 Å². The molecule has 0 N–H and O–H groups in total. The first-order chi connectivity index (χ1) is 2.94. The predicted molar refractivity (Wildman–Crippen MR) is 37.2 cm³/mol. The Balaban J connectivity index is 0. The molecule has 0 aromatic rings. The minimum absolute atomic E-state index is 0. The first kappa shape index (κ1) is 11.8. The van der Waals surface area contributed by atoms with Crippen LogP contribution >= 0.6 is 0 Å².